The van der Waals surface area contributed by atoms with Crippen LogP contribution < -0.4 is 0 Å². The number of nitrogens with zero attached hydrogens (tertiary/aromatic N) is 5. The average molecular weight is 647 g/mol. The summed E-state index contributed by atoms with van der Waals surface area (Å²) in [6.07, 6.45) is 0. The summed E-state index contributed by atoms with van der Waals surface area (Å²) in [5.74, 6) is 0.800. The van der Waals surface area contributed by atoms with Crippen molar-refractivity contribution in [1.29, 1.82) is 0 Å². The standard InChI is InChI=1S/C45H29N5/c1-4-14-30(15-5-1)31-24-26-33(27-25-31)44-46-43(32-16-6-2-7-17-32)47-45(48-44)50-40-23-13-11-21-36(40)38-29-28-37-35-20-10-12-22-39(35)49(41(37)42(38)50)34-18-8-3-9-19-34/h1-29H/i10D,11D,21D,22D,23D,28D,29D. The first-order chi connectivity index (χ1) is 27.7. The van der Waals surface area contributed by atoms with Crippen molar-refractivity contribution in [1.82, 2.24) is 24.1 Å². The number of hydrogen-bond acceptors (Lipinski definition) is 3. The first-order valence-corrected chi connectivity index (χ1v) is 16.2. The summed E-state index contributed by atoms with van der Waals surface area (Å²) in [5, 5.41) is 1.11. The van der Waals surface area contributed by atoms with Gasteiger partial charge >= 0.3 is 0 Å². The van der Waals surface area contributed by atoms with Crippen LogP contribution in [0.3, 0.4) is 0 Å². The summed E-state index contributed by atoms with van der Waals surface area (Å²) in [6, 6.07) is 40.4. The first kappa shape index (κ1) is 21.9. The largest absolute Gasteiger partial charge is 0.307 e. The van der Waals surface area contributed by atoms with Crippen molar-refractivity contribution in [3.05, 3.63) is 176 Å². The third-order valence-corrected chi connectivity index (χ3v) is 9.03. The molecule has 0 N–H and O–H groups in total. The molecule has 0 fully saturated rings. The van der Waals surface area contributed by atoms with Crippen LogP contribution in [0.2, 0.25) is 0 Å². The van der Waals surface area contributed by atoms with Crippen LogP contribution in [0.4, 0.5) is 0 Å². The van der Waals surface area contributed by atoms with Gasteiger partial charge in [-0.15, -0.1) is 0 Å². The van der Waals surface area contributed by atoms with E-state index in [4.69, 9.17) is 19.1 Å². The van der Waals surface area contributed by atoms with Gasteiger partial charge in [0.25, 0.3) is 0 Å². The van der Waals surface area contributed by atoms with Crippen LogP contribution in [0.25, 0.3) is 89.2 Å². The van der Waals surface area contributed by atoms with Crippen molar-refractivity contribution < 1.29 is 9.60 Å². The van der Waals surface area contributed by atoms with Crippen LogP contribution in [-0.4, -0.2) is 24.1 Å². The Morgan fingerprint density at radius 2 is 0.900 bits per heavy atom. The van der Waals surface area contributed by atoms with Gasteiger partial charge in [-0.3, -0.25) is 4.57 Å². The lowest BCUT2D eigenvalue weighted by molar-refractivity contribution is 0.953. The molecule has 0 saturated carbocycles. The van der Waals surface area contributed by atoms with E-state index in [9.17, 15) is 5.48 Å². The Kier molecular flexibility index (Phi) is 4.99. The Morgan fingerprint density at radius 1 is 0.380 bits per heavy atom. The molecule has 0 aliphatic heterocycles. The number of fused-ring (bicyclic) bond motifs is 7. The summed E-state index contributed by atoms with van der Waals surface area (Å²) in [4.78, 5) is 15.1. The number of hydrogen-bond donors (Lipinski definition) is 0. The minimum atomic E-state index is -0.220. The molecule has 0 aliphatic rings. The molecule has 3 aromatic heterocycles. The summed E-state index contributed by atoms with van der Waals surface area (Å²) >= 11 is 0. The Bertz CT molecular complexity index is 3240. The molecule has 0 bridgehead atoms. The molecule has 3 heterocycles. The number of para-hydroxylation sites is 3. The Hall–Kier alpha value is -6.85. The highest BCUT2D eigenvalue weighted by Gasteiger charge is 2.23. The Labute approximate surface area is 298 Å². The van der Waals surface area contributed by atoms with Crippen LogP contribution in [0.1, 0.15) is 9.60 Å². The fourth-order valence-corrected chi connectivity index (χ4v) is 6.76. The van der Waals surface area contributed by atoms with Crippen LogP contribution >= 0.6 is 0 Å². The molecular formula is C45H29N5. The molecule has 5 heteroatoms. The zero-order valence-corrected chi connectivity index (χ0v) is 26.4. The number of rotatable bonds is 5. The van der Waals surface area contributed by atoms with E-state index in [1.165, 1.54) is 12.1 Å². The van der Waals surface area contributed by atoms with Gasteiger partial charge in [-0.1, -0.05) is 152 Å². The van der Waals surface area contributed by atoms with Crippen molar-refractivity contribution in [3.8, 4) is 45.5 Å². The number of aromatic nitrogens is 5. The second-order valence-electron chi connectivity index (χ2n) is 11.9. The third kappa shape index (κ3) is 4.45. The molecular weight excluding hydrogens is 611 g/mol. The van der Waals surface area contributed by atoms with Gasteiger partial charge in [-0.25, -0.2) is 4.98 Å². The van der Waals surface area contributed by atoms with E-state index in [0.717, 1.165) is 11.1 Å². The van der Waals surface area contributed by atoms with E-state index >= 15 is 0 Å². The van der Waals surface area contributed by atoms with E-state index in [1.54, 1.807) is 10.6 Å². The summed E-state index contributed by atoms with van der Waals surface area (Å²) in [7, 11) is 0. The maximum absolute atomic E-state index is 9.54. The van der Waals surface area contributed by atoms with E-state index in [-0.39, 0.29) is 64.5 Å². The molecule has 10 aromatic rings. The highest BCUT2D eigenvalue weighted by Crippen LogP contribution is 2.41. The smallest absolute Gasteiger partial charge is 0.238 e. The zero-order chi connectivity index (χ0) is 39.1. The summed E-state index contributed by atoms with van der Waals surface area (Å²) < 4.78 is 67.4. The molecule has 0 amide bonds. The van der Waals surface area contributed by atoms with Gasteiger partial charge < -0.3 is 4.57 Å². The molecule has 0 radical (unpaired) electrons. The van der Waals surface area contributed by atoms with Gasteiger partial charge in [0.05, 0.1) is 31.7 Å². The minimum Gasteiger partial charge on any atom is -0.307 e. The lowest BCUT2D eigenvalue weighted by atomic mass is 10.0. The van der Waals surface area contributed by atoms with Gasteiger partial charge in [0.15, 0.2) is 11.6 Å². The van der Waals surface area contributed by atoms with Gasteiger partial charge in [0.1, 0.15) is 0 Å². The Balaban J connectivity index is 1.40. The molecule has 0 aliphatic carbocycles. The molecule has 7 aromatic carbocycles. The fraction of sp³-hybridized carbons (Fsp3) is 0. The third-order valence-electron chi connectivity index (χ3n) is 9.03. The topological polar surface area (TPSA) is 48.5 Å². The van der Waals surface area contributed by atoms with Crippen LogP contribution in [0.15, 0.2) is 176 Å². The second-order valence-corrected chi connectivity index (χ2v) is 11.9. The lowest BCUT2D eigenvalue weighted by Crippen LogP contribution is -2.07. The van der Waals surface area contributed by atoms with Crippen molar-refractivity contribution in [2.75, 3.05) is 0 Å². The predicted octanol–water partition coefficient (Wildman–Crippen LogP) is 11.1. The van der Waals surface area contributed by atoms with E-state index in [0.29, 0.717) is 55.8 Å². The van der Waals surface area contributed by atoms with Crippen molar-refractivity contribution in [2.45, 2.75) is 0 Å². The van der Waals surface area contributed by atoms with E-state index in [2.05, 4.69) is 0 Å². The molecule has 234 valence electrons. The summed E-state index contributed by atoms with van der Waals surface area (Å²) in [5.41, 5.74) is 5.53. The zero-order valence-electron chi connectivity index (χ0n) is 33.4. The van der Waals surface area contributed by atoms with E-state index < -0.39 is 0 Å². The molecule has 50 heavy (non-hydrogen) atoms. The maximum Gasteiger partial charge on any atom is 0.238 e. The van der Waals surface area contributed by atoms with Crippen molar-refractivity contribution in [2.24, 2.45) is 0 Å². The van der Waals surface area contributed by atoms with Crippen molar-refractivity contribution in [3.63, 3.8) is 0 Å². The molecule has 0 saturated heterocycles. The molecule has 5 nitrogen and oxygen atoms in total. The molecule has 0 unspecified atom stereocenters. The van der Waals surface area contributed by atoms with Gasteiger partial charge in [0, 0.05) is 38.4 Å². The molecule has 0 atom stereocenters. The Morgan fingerprint density at radius 3 is 1.60 bits per heavy atom. The SMILES string of the molecule is [2H]c1cc([2H])c2c(c1)c1c([2H])c([2H])c3c4c([2H])c([2H])cc([2H])c4n(-c4nc(-c5ccccc5)nc(-c5ccc(-c6ccccc6)cc5)n4)c3c1n2-c1ccccc1. The lowest BCUT2D eigenvalue weighted by Gasteiger charge is -2.13. The van der Waals surface area contributed by atoms with Crippen LogP contribution in [0.5, 0.6) is 0 Å². The monoisotopic (exact) mass is 646 g/mol. The highest BCUT2D eigenvalue weighted by atomic mass is 15.2. The van der Waals surface area contributed by atoms with E-state index in [1.807, 2.05) is 120 Å². The fourth-order valence-electron chi connectivity index (χ4n) is 6.76. The molecule has 0 spiro atoms. The highest BCUT2D eigenvalue weighted by molar-refractivity contribution is 6.23. The van der Waals surface area contributed by atoms with Gasteiger partial charge in [0.2, 0.25) is 5.95 Å². The maximum atomic E-state index is 9.54. The molecule has 10 rings (SSSR count). The normalized spacial score (nSPS) is 13.6. The minimum absolute atomic E-state index is 0.0582. The van der Waals surface area contributed by atoms with Crippen LogP contribution in [-0.2, 0) is 0 Å². The second kappa shape index (κ2) is 11.4. The van der Waals surface area contributed by atoms with Gasteiger partial charge in [-0.05, 0) is 35.3 Å². The first-order valence-electron chi connectivity index (χ1n) is 19.7. The number of benzene rings is 7. The van der Waals surface area contributed by atoms with Gasteiger partial charge in [-0.2, -0.15) is 9.97 Å². The summed E-state index contributed by atoms with van der Waals surface area (Å²) in [6.45, 7) is 0. The average Bonchev–Trinajstić information content (AvgIpc) is 3.78. The predicted molar refractivity (Wildman–Crippen MR) is 205 cm³/mol. The van der Waals surface area contributed by atoms with Crippen molar-refractivity contribution >= 4 is 43.6 Å². The quantitative estimate of drug-likeness (QED) is 0.187. The van der Waals surface area contributed by atoms with Crippen LogP contribution in [0, 0.1) is 0 Å².